The number of anilines is 1. The molecule has 1 aromatic heterocycles. The van der Waals surface area contributed by atoms with Crippen molar-refractivity contribution in [3.63, 3.8) is 0 Å². The number of carbonyl (C=O) groups excluding carboxylic acids is 2. The molecule has 0 spiro atoms. The third kappa shape index (κ3) is 6.05. The first kappa shape index (κ1) is 19.7. The number of amides is 1. The fourth-order valence-electron chi connectivity index (χ4n) is 2.32. The Hall–Kier alpha value is -2.58. The molecule has 1 amide bonds. The third-order valence-electron chi connectivity index (χ3n) is 3.69. The Kier molecular flexibility index (Phi) is 6.59. The van der Waals surface area contributed by atoms with E-state index in [1.807, 2.05) is 0 Å². The van der Waals surface area contributed by atoms with Gasteiger partial charge in [-0.05, 0) is 30.7 Å². The SMILES string of the molecule is CC(=O)c1cccc(NC(=O)CCN(Cc2cccnc2)S(C)(=O)=O)c1. The highest BCUT2D eigenvalue weighted by Crippen LogP contribution is 2.13. The van der Waals surface area contributed by atoms with E-state index in [4.69, 9.17) is 0 Å². The zero-order valence-corrected chi connectivity index (χ0v) is 15.5. The molecule has 1 aromatic carbocycles. The topological polar surface area (TPSA) is 96.4 Å². The van der Waals surface area contributed by atoms with E-state index in [1.165, 1.54) is 11.2 Å². The smallest absolute Gasteiger partial charge is 0.225 e. The van der Waals surface area contributed by atoms with E-state index in [0.717, 1.165) is 11.8 Å². The molecule has 0 atom stereocenters. The number of benzene rings is 1. The van der Waals surface area contributed by atoms with Crippen LogP contribution in [0.25, 0.3) is 0 Å². The molecule has 26 heavy (non-hydrogen) atoms. The number of aromatic nitrogens is 1. The number of Topliss-reactive ketones (excluding diaryl/α,β-unsaturated/α-hetero) is 1. The highest BCUT2D eigenvalue weighted by atomic mass is 32.2. The van der Waals surface area contributed by atoms with E-state index in [1.54, 1.807) is 48.8 Å². The number of nitrogens with zero attached hydrogens (tertiary/aromatic N) is 2. The van der Waals surface area contributed by atoms with Crippen molar-refractivity contribution in [1.29, 1.82) is 0 Å². The van der Waals surface area contributed by atoms with Crippen molar-refractivity contribution < 1.29 is 18.0 Å². The Labute approximate surface area is 153 Å². The average molecular weight is 375 g/mol. The quantitative estimate of drug-likeness (QED) is 0.713. The summed E-state index contributed by atoms with van der Waals surface area (Å²) in [4.78, 5) is 27.5. The maximum absolute atomic E-state index is 12.1. The minimum absolute atomic E-state index is 0.00235. The number of ketones is 1. The van der Waals surface area contributed by atoms with Crippen molar-refractivity contribution in [3.8, 4) is 0 Å². The Morgan fingerprint density at radius 3 is 2.58 bits per heavy atom. The normalized spacial score (nSPS) is 11.3. The first-order valence-corrected chi connectivity index (χ1v) is 9.85. The molecule has 0 aliphatic carbocycles. The van der Waals surface area contributed by atoms with Crippen LogP contribution in [0.2, 0.25) is 0 Å². The summed E-state index contributed by atoms with van der Waals surface area (Å²) in [6.07, 6.45) is 4.30. The fraction of sp³-hybridized carbons (Fsp3) is 0.278. The molecule has 0 saturated carbocycles. The molecule has 138 valence electrons. The number of sulfonamides is 1. The molecular formula is C18H21N3O4S. The number of rotatable bonds is 8. The van der Waals surface area contributed by atoms with Crippen LogP contribution >= 0.6 is 0 Å². The van der Waals surface area contributed by atoms with E-state index >= 15 is 0 Å². The minimum atomic E-state index is -3.47. The molecule has 0 radical (unpaired) electrons. The summed E-state index contributed by atoms with van der Waals surface area (Å²) in [5.41, 5.74) is 1.74. The second-order valence-corrected chi connectivity index (χ2v) is 7.88. The van der Waals surface area contributed by atoms with E-state index in [2.05, 4.69) is 10.3 Å². The molecule has 0 saturated heterocycles. The summed E-state index contributed by atoms with van der Waals surface area (Å²) in [5.74, 6) is -0.425. The highest BCUT2D eigenvalue weighted by Gasteiger charge is 2.18. The van der Waals surface area contributed by atoms with Gasteiger partial charge in [0.15, 0.2) is 5.78 Å². The van der Waals surface area contributed by atoms with Crippen LogP contribution < -0.4 is 5.32 Å². The van der Waals surface area contributed by atoms with E-state index in [9.17, 15) is 18.0 Å². The lowest BCUT2D eigenvalue weighted by molar-refractivity contribution is -0.116. The summed E-state index contributed by atoms with van der Waals surface area (Å²) in [6, 6.07) is 10.1. The summed E-state index contributed by atoms with van der Waals surface area (Å²) >= 11 is 0. The van der Waals surface area contributed by atoms with Gasteiger partial charge in [-0.15, -0.1) is 0 Å². The molecule has 0 fully saturated rings. The van der Waals surface area contributed by atoms with Crippen LogP contribution in [0.5, 0.6) is 0 Å². The van der Waals surface area contributed by atoms with Gasteiger partial charge in [-0.25, -0.2) is 8.42 Å². The molecule has 2 aromatic rings. The molecule has 1 heterocycles. The van der Waals surface area contributed by atoms with Gasteiger partial charge < -0.3 is 5.32 Å². The Balaban J connectivity index is 1.98. The van der Waals surface area contributed by atoms with Gasteiger partial charge in [-0.1, -0.05) is 18.2 Å². The zero-order chi connectivity index (χ0) is 19.2. The average Bonchev–Trinajstić information content (AvgIpc) is 2.58. The van der Waals surface area contributed by atoms with Gasteiger partial charge in [0.1, 0.15) is 0 Å². The predicted molar refractivity (Wildman–Crippen MR) is 99.2 cm³/mol. The van der Waals surface area contributed by atoms with Crippen molar-refractivity contribution in [3.05, 3.63) is 59.9 Å². The maximum Gasteiger partial charge on any atom is 0.225 e. The largest absolute Gasteiger partial charge is 0.326 e. The monoisotopic (exact) mass is 375 g/mol. The standard InChI is InChI=1S/C18H21N3O4S/c1-14(22)16-6-3-7-17(11-16)20-18(23)8-10-21(26(2,24)25)13-15-5-4-9-19-12-15/h3-7,9,11-12H,8,10,13H2,1-2H3,(H,20,23). The Morgan fingerprint density at radius 2 is 1.96 bits per heavy atom. The third-order valence-corrected chi connectivity index (χ3v) is 4.94. The van der Waals surface area contributed by atoms with E-state index < -0.39 is 10.0 Å². The van der Waals surface area contributed by atoms with Crippen LogP contribution in [0.1, 0.15) is 29.3 Å². The second-order valence-electron chi connectivity index (χ2n) is 5.89. The molecule has 0 aliphatic heterocycles. The number of carbonyl (C=O) groups is 2. The summed E-state index contributed by atoms with van der Waals surface area (Å²) in [5, 5.41) is 2.68. The lowest BCUT2D eigenvalue weighted by atomic mass is 10.1. The predicted octanol–water partition coefficient (Wildman–Crippen LogP) is 2.07. The summed E-state index contributed by atoms with van der Waals surface area (Å²) in [7, 11) is -3.47. The molecule has 0 aliphatic rings. The van der Waals surface area contributed by atoms with Gasteiger partial charge in [0, 0.05) is 43.2 Å². The molecule has 8 heteroatoms. The first-order valence-electron chi connectivity index (χ1n) is 8.00. The molecule has 7 nitrogen and oxygen atoms in total. The second kappa shape index (κ2) is 8.68. The van der Waals surface area contributed by atoms with Crippen LogP contribution in [-0.4, -0.2) is 42.2 Å². The van der Waals surface area contributed by atoms with Crippen molar-refractivity contribution in [1.82, 2.24) is 9.29 Å². The summed E-state index contributed by atoms with van der Waals surface area (Å²) < 4.78 is 25.2. The Bertz CT molecular complexity index is 882. The van der Waals surface area contributed by atoms with Crippen LogP contribution in [0.3, 0.4) is 0 Å². The van der Waals surface area contributed by atoms with Gasteiger partial charge >= 0.3 is 0 Å². The van der Waals surface area contributed by atoms with Crippen molar-refractivity contribution in [2.24, 2.45) is 0 Å². The van der Waals surface area contributed by atoms with E-state index in [0.29, 0.717) is 11.3 Å². The lowest BCUT2D eigenvalue weighted by Crippen LogP contribution is -2.32. The van der Waals surface area contributed by atoms with Gasteiger partial charge in [-0.3, -0.25) is 14.6 Å². The van der Waals surface area contributed by atoms with Crippen molar-refractivity contribution >= 4 is 27.4 Å². The number of nitrogens with one attached hydrogen (secondary N) is 1. The first-order chi connectivity index (χ1) is 12.3. The molecule has 2 rings (SSSR count). The molecule has 0 unspecified atom stereocenters. The molecule has 1 N–H and O–H groups in total. The van der Waals surface area contributed by atoms with Gasteiger partial charge in [0.25, 0.3) is 0 Å². The maximum atomic E-state index is 12.1. The summed E-state index contributed by atoms with van der Waals surface area (Å²) in [6.45, 7) is 1.65. The van der Waals surface area contributed by atoms with Gasteiger partial charge in [0.05, 0.1) is 6.26 Å². The van der Waals surface area contributed by atoms with Crippen LogP contribution in [0, 0.1) is 0 Å². The van der Waals surface area contributed by atoms with Crippen LogP contribution in [0.15, 0.2) is 48.8 Å². The van der Waals surface area contributed by atoms with E-state index in [-0.39, 0.29) is 31.2 Å². The fourth-order valence-corrected chi connectivity index (χ4v) is 3.13. The van der Waals surface area contributed by atoms with Gasteiger partial charge in [-0.2, -0.15) is 4.31 Å². The van der Waals surface area contributed by atoms with Crippen molar-refractivity contribution in [2.45, 2.75) is 19.9 Å². The minimum Gasteiger partial charge on any atom is -0.326 e. The number of pyridine rings is 1. The highest BCUT2D eigenvalue weighted by molar-refractivity contribution is 7.88. The van der Waals surface area contributed by atoms with Crippen LogP contribution in [-0.2, 0) is 21.4 Å². The number of hydrogen-bond donors (Lipinski definition) is 1. The Morgan fingerprint density at radius 1 is 1.19 bits per heavy atom. The molecule has 0 bridgehead atoms. The van der Waals surface area contributed by atoms with Gasteiger partial charge in [0.2, 0.25) is 15.9 Å². The number of hydrogen-bond acceptors (Lipinski definition) is 5. The van der Waals surface area contributed by atoms with Crippen LogP contribution in [0.4, 0.5) is 5.69 Å². The van der Waals surface area contributed by atoms with Crippen molar-refractivity contribution in [2.75, 3.05) is 18.1 Å². The zero-order valence-electron chi connectivity index (χ0n) is 14.7. The lowest BCUT2D eigenvalue weighted by Gasteiger charge is -2.19. The molecular weight excluding hydrogens is 354 g/mol.